The van der Waals surface area contributed by atoms with Crippen molar-refractivity contribution < 1.29 is 14.3 Å². The average molecular weight is 304 g/mol. The number of rotatable bonds is 4. The van der Waals surface area contributed by atoms with Crippen molar-refractivity contribution in [1.29, 1.82) is 0 Å². The molecule has 1 aromatic carbocycles. The largest absolute Gasteiger partial charge is 0.494 e. The van der Waals surface area contributed by atoms with Crippen molar-refractivity contribution in [2.45, 2.75) is 0 Å². The van der Waals surface area contributed by atoms with Gasteiger partial charge in [-0.25, -0.2) is 9.97 Å². The van der Waals surface area contributed by atoms with Crippen molar-refractivity contribution in [2.24, 2.45) is 5.73 Å². The third-order valence-corrected chi connectivity index (χ3v) is 3.82. The van der Waals surface area contributed by atoms with Gasteiger partial charge in [-0.3, -0.25) is 4.79 Å². The number of benzene rings is 1. The zero-order chi connectivity index (χ0) is 15.0. The van der Waals surface area contributed by atoms with Gasteiger partial charge in [0.25, 0.3) is 5.91 Å². The van der Waals surface area contributed by atoms with Crippen molar-refractivity contribution >= 4 is 28.3 Å². The van der Waals surface area contributed by atoms with Gasteiger partial charge in [0.05, 0.1) is 14.2 Å². The smallest absolute Gasteiger partial charge is 0.268 e. The SMILES string of the molecule is COc1ccc(OC)c2[nH]c(-c3nc(C(N)=O)cs3)nc12. The van der Waals surface area contributed by atoms with E-state index in [4.69, 9.17) is 15.2 Å². The van der Waals surface area contributed by atoms with Crippen molar-refractivity contribution in [1.82, 2.24) is 15.0 Å². The second-order valence-corrected chi connectivity index (χ2v) is 5.04. The number of imidazole rings is 1. The lowest BCUT2D eigenvalue weighted by Gasteiger charge is -2.03. The summed E-state index contributed by atoms with van der Waals surface area (Å²) in [6.07, 6.45) is 0. The van der Waals surface area contributed by atoms with Gasteiger partial charge < -0.3 is 20.2 Å². The molecular weight excluding hydrogens is 292 g/mol. The molecule has 0 atom stereocenters. The fourth-order valence-corrected chi connectivity index (χ4v) is 2.73. The molecule has 0 unspecified atom stereocenters. The van der Waals surface area contributed by atoms with E-state index in [1.54, 1.807) is 31.7 Å². The van der Waals surface area contributed by atoms with Gasteiger partial charge in [-0.15, -0.1) is 11.3 Å². The third-order valence-electron chi connectivity index (χ3n) is 2.97. The first-order valence-corrected chi connectivity index (χ1v) is 6.88. The predicted molar refractivity (Wildman–Crippen MR) is 78.8 cm³/mol. The molecule has 0 aliphatic carbocycles. The van der Waals surface area contributed by atoms with Crippen molar-refractivity contribution in [3.63, 3.8) is 0 Å². The summed E-state index contributed by atoms with van der Waals surface area (Å²) in [6, 6.07) is 3.57. The Kier molecular flexibility index (Phi) is 3.22. The van der Waals surface area contributed by atoms with Gasteiger partial charge in [-0.2, -0.15) is 0 Å². The first kappa shape index (κ1) is 13.4. The van der Waals surface area contributed by atoms with Crippen molar-refractivity contribution in [2.75, 3.05) is 14.2 Å². The van der Waals surface area contributed by atoms with Crippen LogP contribution in [0.2, 0.25) is 0 Å². The minimum atomic E-state index is -0.566. The van der Waals surface area contributed by atoms with Crippen LogP contribution in [0.3, 0.4) is 0 Å². The molecule has 2 heterocycles. The molecule has 0 fully saturated rings. The quantitative estimate of drug-likeness (QED) is 0.765. The number of aromatic amines is 1. The summed E-state index contributed by atoms with van der Waals surface area (Å²) in [7, 11) is 3.15. The van der Waals surface area contributed by atoms with E-state index < -0.39 is 5.91 Å². The lowest BCUT2D eigenvalue weighted by molar-refractivity contribution is 0.0996. The van der Waals surface area contributed by atoms with E-state index in [1.165, 1.54) is 11.3 Å². The molecule has 0 aliphatic heterocycles. The summed E-state index contributed by atoms with van der Waals surface area (Å²) in [6.45, 7) is 0. The predicted octanol–water partition coefficient (Wildman–Crippen LogP) is 1.80. The molecule has 3 aromatic rings. The number of methoxy groups -OCH3 is 2. The number of H-pyrrole nitrogens is 1. The second-order valence-electron chi connectivity index (χ2n) is 4.18. The number of nitrogens with one attached hydrogen (secondary N) is 1. The van der Waals surface area contributed by atoms with Gasteiger partial charge in [0.1, 0.15) is 28.2 Å². The first-order valence-electron chi connectivity index (χ1n) is 6.00. The number of carbonyl (C=O) groups is 1. The van der Waals surface area contributed by atoms with Crippen LogP contribution in [0.15, 0.2) is 17.5 Å². The molecule has 7 nitrogen and oxygen atoms in total. The minimum absolute atomic E-state index is 0.217. The van der Waals surface area contributed by atoms with Crippen LogP contribution in [0.25, 0.3) is 21.9 Å². The average Bonchev–Trinajstić information content (AvgIpc) is 3.12. The van der Waals surface area contributed by atoms with Gasteiger partial charge in [0.15, 0.2) is 10.8 Å². The van der Waals surface area contributed by atoms with Crippen LogP contribution in [0.4, 0.5) is 0 Å². The molecule has 0 bridgehead atoms. The number of aromatic nitrogens is 3. The number of fused-ring (bicyclic) bond motifs is 1. The zero-order valence-corrected chi connectivity index (χ0v) is 12.2. The van der Waals surface area contributed by atoms with E-state index >= 15 is 0 Å². The molecule has 2 aromatic heterocycles. The molecule has 3 N–H and O–H groups in total. The van der Waals surface area contributed by atoms with E-state index in [-0.39, 0.29) is 5.69 Å². The highest BCUT2D eigenvalue weighted by Gasteiger charge is 2.16. The Labute approximate surface area is 123 Å². The van der Waals surface area contributed by atoms with Gasteiger partial charge in [0.2, 0.25) is 0 Å². The van der Waals surface area contributed by atoms with Crippen LogP contribution >= 0.6 is 11.3 Å². The third kappa shape index (κ3) is 2.19. The number of thiazole rings is 1. The van der Waals surface area contributed by atoms with E-state index in [0.717, 1.165) is 0 Å². The minimum Gasteiger partial charge on any atom is -0.494 e. The van der Waals surface area contributed by atoms with Crippen LogP contribution in [-0.2, 0) is 0 Å². The summed E-state index contributed by atoms with van der Waals surface area (Å²) >= 11 is 1.29. The molecule has 21 heavy (non-hydrogen) atoms. The Morgan fingerprint density at radius 1 is 1.24 bits per heavy atom. The van der Waals surface area contributed by atoms with Crippen LogP contribution < -0.4 is 15.2 Å². The topological polar surface area (TPSA) is 103 Å². The van der Waals surface area contributed by atoms with E-state index in [0.29, 0.717) is 33.4 Å². The molecule has 0 spiro atoms. The number of nitrogens with two attached hydrogens (primary N) is 1. The Morgan fingerprint density at radius 3 is 2.57 bits per heavy atom. The fraction of sp³-hybridized carbons (Fsp3) is 0.154. The molecule has 0 radical (unpaired) electrons. The van der Waals surface area contributed by atoms with Gasteiger partial charge in [-0.1, -0.05) is 0 Å². The molecule has 1 amide bonds. The number of carbonyl (C=O) groups excluding carboxylic acids is 1. The standard InChI is InChI=1S/C13H12N4O3S/c1-19-7-3-4-8(20-2)10-9(7)16-12(17-10)13-15-6(5-21-13)11(14)18/h3-5H,1-2H3,(H2,14,18)(H,16,17). The Bertz CT molecular complexity index is 783. The van der Waals surface area contributed by atoms with Crippen LogP contribution in [0, 0.1) is 0 Å². The Hall–Kier alpha value is -2.61. The Balaban J connectivity index is 2.17. The van der Waals surface area contributed by atoms with Crippen LogP contribution in [0.1, 0.15) is 10.5 Å². The van der Waals surface area contributed by atoms with E-state index in [1.807, 2.05) is 0 Å². The maximum Gasteiger partial charge on any atom is 0.268 e. The van der Waals surface area contributed by atoms with Gasteiger partial charge in [0, 0.05) is 5.38 Å². The first-order chi connectivity index (χ1) is 10.1. The molecule has 8 heteroatoms. The summed E-state index contributed by atoms with van der Waals surface area (Å²) in [4.78, 5) is 22.9. The Morgan fingerprint density at radius 2 is 1.95 bits per heavy atom. The highest BCUT2D eigenvalue weighted by molar-refractivity contribution is 7.13. The maximum atomic E-state index is 11.1. The lowest BCUT2D eigenvalue weighted by atomic mass is 10.2. The molecule has 0 saturated heterocycles. The fourth-order valence-electron chi connectivity index (χ4n) is 1.98. The molecule has 0 saturated carbocycles. The molecule has 3 rings (SSSR count). The summed E-state index contributed by atoms with van der Waals surface area (Å²) in [5.74, 6) is 1.24. The number of hydrogen-bond acceptors (Lipinski definition) is 6. The molecular formula is C13H12N4O3S. The highest BCUT2D eigenvalue weighted by atomic mass is 32.1. The van der Waals surface area contributed by atoms with Crippen molar-refractivity contribution in [3.05, 3.63) is 23.2 Å². The maximum absolute atomic E-state index is 11.1. The number of hydrogen-bond donors (Lipinski definition) is 2. The highest BCUT2D eigenvalue weighted by Crippen LogP contribution is 2.34. The summed E-state index contributed by atoms with van der Waals surface area (Å²) in [5.41, 5.74) is 6.78. The van der Waals surface area contributed by atoms with Crippen LogP contribution in [0.5, 0.6) is 11.5 Å². The van der Waals surface area contributed by atoms with Gasteiger partial charge in [-0.05, 0) is 12.1 Å². The normalized spacial score (nSPS) is 10.8. The van der Waals surface area contributed by atoms with E-state index in [2.05, 4.69) is 15.0 Å². The lowest BCUT2D eigenvalue weighted by Crippen LogP contribution is -2.10. The number of amides is 1. The number of primary amides is 1. The number of nitrogens with zero attached hydrogens (tertiary/aromatic N) is 2. The van der Waals surface area contributed by atoms with Gasteiger partial charge >= 0.3 is 0 Å². The van der Waals surface area contributed by atoms with E-state index in [9.17, 15) is 4.79 Å². The van der Waals surface area contributed by atoms with Crippen LogP contribution in [-0.4, -0.2) is 35.1 Å². The number of ether oxygens (including phenoxy) is 2. The summed E-state index contributed by atoms with van der Waals surface area (Å²) in [5, 5.41) is 2.17. The molecule has 0 aliphatic rings. The monoisotopic (exact) mass is 304 g/mol. The molecule has 108 valence electrons. The van der Waals surface area contributed by atoms with Crippen molar-refractivity contribution in [3.8, 4) is 22.3 Å². The summed E-state index contributed by atoms with van der Waals surface area (Å²) < 4.78 is 10.6. The zero-order valence-electron chi connectivity index (χ0n) is 11.3. The second kappa shape index (κ2) is 5.06.